The van der Waals surface area contributed by atoms with E-state index in [0.29, 0.717) is 24.2 Å². The van der Waals surface area contributed by atoms with Gasteiger partial charge in [0, 0.05) is 18.8 Å². The molecule has 1 aromatic carbocycles. The van der Waals surface area contributed by atoms with Gasteiger partial charge in [0.1, 0.15) is 5.75 Å². The number of carbonyl (C=O) groups excluding carboxylic acids is 1. The first kappa shape index (κ1) is 12.9. The number of aryl methyl sites for hydroxylation is 1. The van der Waals surface area contributed by atoms with E-state index < -0.39 is 0 Å². The first-order chi connectivity index (χ1) is 9.63. The molecule has 0 aliphatic carbocycles. The number of nitrogens with zero attached hydrogens (tertiary/aromatic N) is 2. The third-order valence-electron chi connectivity index (χ3n) is 4.11. The highest BCUT2D eigenvalue weighted by Crippen LogP contribution is 2.34. The van der Waals surface area contributed by atoms with Gasteiger partial charge in [-0.1, -0.05) is 18.6 Å². The lowest BCUT2D eigenvalue weighted by molar-refractivity contribution is 0.0778. The van der Waals surface area contributed by atoms with Crippen LogP contribution in [0.2, 0.25) is 0 Å². The van der Waals surface area contributed by atoms with Crippen LogP contribution in [0.1, 0.15) is 36.2 Å². The van der Waals surface area contributed by atoms with Crippen LogP contribution in [0.4, 0.5) is 5.69 Å². The predicted octanol–water partition coefficient (Wildman–Crippen LogP) is 2.83. The van der Waals surface area contributed by atoms with Crippen molar-refractivity contribution in [3.63, 3.8) is 0 Å². The SMILES string of the molecule is C/C=C1\CC2C=Nc3cc(O)c(CC)cc3C(=O)N2C1. The number of carbonyl (C=O) groups is 1. The number of benzene rings is 1. The third kappa shape index (κ3) is 1.92. The average molecular weight is 270 g/mol. The minimum atomic E-state index is 0.00838. The van der Waals surface area contributed by atoms with Gasteiger partial charge in [-0.3, -0.25) is 9.79 Å². The second kappa shape index (κ2) is 4.78. The summed E-state index contributed by atoms with van der Waals surface area (Å²) in [6.07, 6.45) is 5.45. The van der Waals surface area contributed by atoms with E-state index in [-0.39, 0.29) is 17.7 Å². The summed E-state index contributed by atoms with van der Waals surface area (Å²) in [4.78, 5) is 19.0. The second-order valence-electron chi connectivity index (χ2n) is 5.28. The molecular weight excluding hydrogens is 252 g/mol. The summed E-state index contributed by atoms with van der Waals surface area (Å²) >= 11 is 0. The van der Waals surface area contributed by atoms with Crippen LogP contribution in [0.15, 0.2) is 28.8 Å². The van der Waals surface area contributed by atoms with E-state index in [1.165, 1.54) is 5.57 Å². The fraction of sp³-hybridized carbons (Fsp3) is 0.375. The highest BCUT2D eigenvalue weighted by atomic mass is 16.3. The number of amides is 1. The summed E-state index contributed by atoms with van der Waals surface area (Å²) in [5, 5.41) is 9.92. The van der Waals surface area contributed by atoms with Crippen LogP contribution in [0.25, 0.3) is 0 Å². The molecule has 0 aromatic heterocycles. The predicted molar refractivity (Wildman–Crippen MR) is 78.8 cm³/mol. The van der Waals surface area contributed by atoms with Gasteiger partial charge in [-0.2, -0.15) is 0 Å². The molecular formula is C16H18N2O2. The molecule has 1 unspecified atom stereocenters. The monoisotopic (exact) mass is 270 g/mol. The largest absolute Gasteiger partial charge is 0.508 e. The number of fused-ring (bicyclic) bond motifs is 2. The van der Waals surface area contributed by atoms with Gasteiger partial charge in [-0.25, -0.2) is 0 Å². The molecule has 0 bridgehead atoms. The fourth-order valence-electron chi connectivity index (χ4n) is 2.85. The van der Waals surface area contributed by atoms with Crippen molar-refractivity contribution in [2.75, 3.05) is 6.54 Å². The Morgan fingerprint density at radius 2 is 2.30 bits per heavy atom. The first-order valence-corrected chi connectivity index (χ1v) is 6.99. The number of aromatic hydroxyl groups is 1. The first-order valence-electron chi connectivity index (χ1n) is 6.99. The Labute approximate surface area is 118 Å². The van der Waals surface area contributed by atoms with Gasteiger partial charge in [0.05, 0.1) is 17.3 Å². The second-order valence-corrected chi connectivity index (χ2v) is 5.28. The summed E-state index contributed by atoms with van der Waals surface area (Å²) in [5.41, 5.74) is 3.22. The van der Waals surface area contributed by atoms with E-state index >= 15 is 0 Å². The Bertz CT molecular complexity index is 632. The van der Waals surface area contributed by atoms with E-state index in [0.717, 1.165) is 12.0 Å². The lowest BCUT2D eigenvalue weighted by Crippen LogP contribution is -2.35. The molecule has 104 valence electrons. The molecule has 1 atom stereocenters. The molecule has 1 fully saturated rings. The van der Waals surface area contributed by atoms with Gasteiger partial charge < -0.3 is 10.0 Å². The van der Waals surface area contributed by atoms with Crippen LogP contribution in [0.5, 0.6) is 5.75 Å². The van der Waals surface area contributed by atoms with Crippen LogP contribution >= 0.6 is 0 Å². The zero-order valence-corrected chi connectivity index (χ0v) is 11.8. The molecule has 0 radical (unpaired) electrons. The molecule has 2 aliphatic heterocycles. The van der Waals surface area contributed by atoms with Crippen molar-refractivity contribution in [3.8, 4) is 5.75 Å². The van der Waals surface area contributed by atoms with Crippen molar-refractivity contribution in [1.82, 2.24) is 4.90 Å². The topological polar surface area (TPSA) is 52.9 Å². The average Bonchev–Trinajstić information content (AvgIpc) is 2.83. The van der Waals surface area contributed by atoms with Crippen molar-refractivity contribution in [1.29, 1.82) is 0 Å². The van der Waals surface area contributed by atoms with Crippen molar-refractivity contribution < 1.29 is 9.90 Å². The van der Waals surface area contributed by atoms with Crippen LogP contribution < -0.4 is 0 Å². The standard InChI is InChI=1S/C16H18N2O2/c1-3-10-5-12-8-17-14-7-15(19)11(4-2)6-13(14)16(20)18(12)9-10/h3,6-8,12,19H,4-5,9H2,1-2H3/b10-3+. The molecule has 1 saturated heterocycles. The summed E-state index contributed by atoms with van der Waals surface area (Å²) in [5.74, 6) is 0.224. The highest BCUT2D eigenvalue weighted by molar-refractivity contribution is 6.03. The zero-order valence-electron chi connectivity index (χ0n) is 11.8. The lowest BCUT2D eigenvalue weighted by Gasteiger charge is -2.19. The molecule has 20 heavy (non-hydrogen) atoms. The van der Waals surface area contributed by atoms with Crippen molar-refractivity contribution in [3.05, 3.63) is 34.9 Å². The van der Waals surface area contributed by atoms with Gasteiger partial charge in [-0.15, -0.1) is 0 Å². The maximum Gasteiger partial charge on any atom is 0.256 e. The summed E-state index contributed by atoms with van der Waals surface area (Å²) in [7, 11) is 0. The normalized spacial score (nSPS) is 22.9. The maximum absolute atomic E-state index is 12.7. The van der Waals surface area contributed by atoms with Crippen molar-refractivity contribution in [2.24, 2.45) is 4.99 Å². The van der Waals surface area contributed by atoms with Crippen LogP contribution in [-0.4, -0.2) is 34.7 Å². The smallest absolute Gasteiger partial charge is 0.256 e. The van der Waals surface area contributed by atoms with Crippen LogP contribution in [0.3, 0.4) is 0 Å². The van der Waals surface area contributed by atoms with Gasteiger partial charge in [0.15, 0.2) is 0 Å². The van der Waals surface area contributed by atoms with E-state index in [4.69, 9.17) is 0 Å². The van der Waals surface area contributed by atoms with Gasteiger partial charge in [-0.05, 0) is 31.4 Å². The van der Waals surface area contributed by atoms with E-state index in [1.54, 1.807) is 12.1 Å². The Hall–Kier alpha value is -2.10. The Kier molecular flexibility index (Phi) is 3.08. The fourth-order valence-corrected chi connectivity index (χ4v) is 2.85. The van der Waals surface area contributed by atoms with E-state index in [2.05, 4.69) is 11.1 Å². The Morgan fingerprint density at radius 3 is 3.00 bits per heavy atom. The number of aliphatic imine (C=N–C) groups is 1. The quantitative estimate of drug-likeness (QED) is 0.798. The third-order valence-corrected chi connectivity index (χ3v) is 4.11. The zero-order chi connectivity index (χ0) is 14.3. The van der Waals surface area contributed by atoms with Gasteiger partial charge >= 0.3 is 0 Å². The molecule has 2 aliphatic rings. The number of allylic oxidation sites excluding steroid dienone is 1. The minimum Gasteiger partial charge on any atom is -0.508 e. The number of phenols is 1. The summed E-state index contributed by atoms with van der Waals surface area (Å²) < 4.78 is 0. The molecule has 1 aromatic rings. The highest BCUT2D eigenvalue weighted by Gasteiger charge is 2.34. The van der Waals surface area contributed by atoms with E-state index in [9.17, 15) is 9.90 Å². The molecule has 1 N–H and O–H groups in total. The number of phenolic OH excluding ortho intramolecular Hbond substituents is 1. The molecule has 1 amide bonds. The Morgan fingerprint density at radius 1 is 1.50 bits per heavy atom. The Balaban J connectivity index is 2.07. The van der Waals surface area contributed by atoms with Gasteiger partial charge in [0.2, 0.25) is 0 Å². The van der Waals surface area contributed by atoms with Crippen molar-refractivity contribution in [2.45, 2.75) is 32.7 Å². The minimum absolute atomic E-state index is 0.00838. The molecule has 0 spiro atoms. The van der Waals surface area contributed by atoms with Crippen molar-refractivity contribution >= 4 is 17.8 Å². The molecule has 4 heteroatoms. The summed E-state index contributed by atoms with van der Waals surface area (Å²) in [6.45, 7) is 4.64. The number of hydrogen-bond donors (Lipinski definition) is 1. The summed E-state index contributed by atoms with van der Waals surface area (Å²) in [6, 6.07) is 3.41. The van der Waals surface area contributed by atoms with Gasteiger partial charge in [0.25, 0.3) is 5.91 Å². The molecule has 4 nitrogen and oxygen atoms in total. The number of hydrogen-bond acceptors (Lipinski definition) is 3. The van der Waals surface area contributed by atoms with Crippen LogP contribution in [-0.2, 0) is 6.42 Å². The molecule has 3 rings (SSSR count). The van der Waals surface area contributed by atoms with Crippen LogP contribution in [0, 0.1) is 0 Å². The molecule has 0 saturated carbocycles. The lowest BCUT2D eigenvalue weighted by atomic mass is 10.0. The molecule has 2 heterocycles. The number of rotatable bonds is 1. The maximum atomic E-state index is 12.7. The van der Waals surface area contributed by atoms with E-state index in [1.807, 2.05) is 25.0 Å².